The SMILES string of the molecule is COc1ccccc1N1CC[NH+](C2CCN(C(=O)c3cccc4ccccc34)CC2)CC1. The second-order valence-corrected chi connectivity index (χ2v) is 8.91. The number of carbonyl (C=O) groups excluding carboxylic acids is 1. The fraction of sp³-hybridized carbons (Fsp3) is 0.370. The number of methoxy groups -OCH3 is 1. The number of piperazine rings is 1. The molecule has 2 heterocycles. The summed E-state index contributed by atoms with van der Waals surface area (Å²) in [6.45, 7) is 6.08. The molecular formula is C27H32N3O2+. The van der Waals surface area contributed by atoms with Crippen molar-refractivity contribution in [3.63, 3.8) is 0 Å². The van der Waals surface area contributed by atoms with E-state index in [1.807, 2.05) is 36.4 Å². The summed E-state index contributed by atoms with van der Waals surface area (Å²) in [5.74, 6) is 1.13. The number of nitrogens with zero attached hydrogens (tertiary/aromatic N) is 2. The number of fused-ring (bicyclic) bond motifs is 1. The van der Waals surface area contributed by atoms with Crippen molar-refractivity contribution in [2.45, 2.75) is 18.9 Å². The highest BCUT2D eigenvalue weighted by molar-refractivity contribution is 6.07. The van der Waals surface area contributed by atoms with E-state index < -0.39 is 0 Å². The topological polar surface area (TPSA) is 37.2 Å². The largest absolute Gasteiger partial charge is 0.495 e. The summed E-state index contributed by atoms with van der Waals surface area (Å²) in [5.41, 5.74) is 2.03. The zero-order valence-electron chi connectivity index (χ0n) is 18.8. The molecule has 0 unspecified atom stereocenters. The average Bonchev–Trinajstić information content (AvgIpc) is 2.88. The Hall–Kier alpha value is -3.05. The summed E-state index contributed by atoms with van der Waals surface area (Å²) in [5, 5.41) is 2.19. The number of amides is 1. The van der Waals surface area contributed by atoms with Crippen LogP contribution in [0.4, 0.5) is 5.69 Å². The molecule has 1 amide bonds. The monoisotopic (exact) mass is 430 g/mol. The van der Waals surface area contributed by atoms with Crippen LogP contribution >= 0.6 is 0 Å². The van der Waals surface area contributed by atoms with Gasteiger partial charge in [0.15, 0.2) is 0 Å². The minimum absolute atomic E-state index is 0.177. The predicted molar refractivity (Wildman–Crippen MR) is 129 cm³/mol. The van der Waals surface area contributed by atoms with Gasteiger partial charge < -0.3 is 19.4 Å². The van der Waals surface area contributed by atoms with Crippen molar-refractivity contribution >= 4 is 22.4 Å². The molecule has 0 atom stereocenters. The maximum absolute atomic E-state index is 13.3. The number of piperidine rings is 1. The molecule has 2 aliphatic rings. The zero-order chi connectivity index (χ0) is 21.9. The van der Waals surface area contributed by atoms with Crippen molar-refractivity contribution in [2.75, 3.05) is 51.3 Å². The van der Waals surface area contributed by atoms with Gasteiger partial charge in [-0.25, -0.2) is 0 Å². The van der Waals surface area contributed by atoms with Gasteiger partial charge in [0.2, 0.25) is 0 Å². The Morgan fingerprint density at radius 1 is 0.875 bits per heavy atom. The summed E-state index contributed by atoms with van der Waals surface area (Å²) >= 11 is 0. The van der Waals surface area contributed by atoms with Crippen LogP contribution < -0.4 is 14.5 Å². The van der Waals surface area contributed by atoms with E-state index in [9.17, 15) is 4.79 Å². The van der Waals surface area contributed by atoms with E-state index in [-0.39, 0.29) is 5.91 Å². The maximum atomic E-state index is 13.3. The van der Waals surface area contributed by atoms with E-state index in [1.165, 1.54) is 5.69 Å². The van der Waals surface area contributed by atoms with Crippen molar-refractivity contribution in [3.8, 4) is 5.75 Å². The normalized spacial score (nSPS) is 18.2. The van der Waals surface area contributed by atoms with Gasteiger partial charge in [-0.05, 0) is 29.0 Å². The molecule has 5 rings (SSSR count). The van der Waals surface area contributed by atoms with Crippen LogP contribution in [-0.2, 0) is 0 Å². The van der Waals surface area contributed by atoms with Gasteiger partial charge in [0.1, 0.15) is 5.75 Å². The second kappa shape index (κ2) is 9.21. The summed E-state index contributed by atoms with van der Waals surface area (Å²) in [7, 11) is 1.74. The minimum atomic E-state index is 0.177. The van der Waals surface area contributed by atoms with E-state index in [0.717, 1.165) is 74.2 Å². The van der Waals surface area contributed by atoms with Crippen LogP contribution in [0.1, 0.15) is 23.2 Å². The predicted octanol–water partition coefficient (Wildman–Crippen LogP) is 2.86. The van der Waals surface area contributed by atoms with Crippen LogP contribution in [0.5, 0.6) is 5.75 Å². The van der Waals surface area contributed by atoms with Gasteiger partial charge in [-0.2, -0.15) is 0 Å². The van der Waals surface area contributed by atoms with E-state index >= 15 is 0 Å². The van der Waals surface area contributed by atoms with Crippen molar-refractivity contribution < 1.29 is 14.4 Å². The molecule has 166 valence electrons. The van der Waals surface area contributed by atoms with E-state index in [0.29, 0.717) is 6.04 Å². The highest BCUT2D eigenvalue weighted by Crippen LogP contribution is 2.27. The molecule has 0 radical (unpaired) electrons. The molecule has 32 heavy (non-hydrogen) atoms. The molecule has 0 saturated carbocycles. The molecule has 0 aliphatic carbocycles. The fourth-order valence-electron chi connectivity index (χ4n) is 5.41. The van der Waals surface area contributed by atoms with Crippen LogP contribution in [0.3, 0.4) is 0 Å². The lowest BCUT2D eigenvalue weighted by molar-refractivity contribution is -0.927. The van der Waals surface area contributed by atoms with Crippen LogP contribution in [-0.4, -0.2) is 63.2 Å². The number of likely N-dealkylation sites (tertiary alicyclic amines) is 1. The summed E-state index contributed by atoms with van der Waals surface area (Å²) < 4.78 is 5.55. The standard InChI is InChI=1S/C27H31N3O2/c1-32-26-12-5-4-11-25(26)29-19-17-28(18-20-29)22-13-15-30(16-14-22)27(31)24-10-6-8-21-7-2-3-9-23(21)24/h2-12,22H,13-20H2,1H3/p+1. The number of benzene rings is 3. The highest BCUT2D eigenvalue weighted by Gasteiger charge is 2.33. The minimum Gasteiger partial charge on any atom is -0.495 e. The van der Waals surface area contributed by atoms with Crippen molar-refractivity contribution in [2.24, 2.45) is 0 Å². The van der Waals surface area contributed by atoms with Crippen molar-refractivity contribution in [3.05, 3.63) is 72.3 Å². The van der Waals surface area contributed by atoms with Gasteiger partial charge in [0, 0.05) is 31.5 Å². The number of para-hydroxylation sites is 2. The van der Waals surface area contributed by atoms with Gasteiger partial charge in [0.05, 0.1) is 45.0 Å². The van der Waals surface area contributed by atoms with Gasteiger partial charge in [-0.15, -0.1) is 0 Å². The number of hydrogen-bond donors (Lipinski definition) is 1. The number of ether oxygens (including phenoxy) is 1. The van der Waals surface area contributed by atoms with Gasteiger partial charge in [0.25, 0.3) is 5.91 Å². The lowest BCUT2D eigenvalue weighted by atomic mass is 9.99. The third-order valence-electron chi connectivity index (χ3n) is 7.21. The quantitative estimate of drug-likeness (QED) is 0.692. The zero-order valence-corrected chi connectivity index (χ0v) is 18.8. The molecule has 5 heteroatoms. The number of quaternary nitrogens is 1. The molecule has 3 aromatic carbocycles. The van der Waals surface area contributed by atoms with Gasteiger partial charge >= 0.3 is 0 Å². The van der Waals surface area contributed by atoms with E-state index in [2.05, 4.69) is 40.1 Å². The van der Waals surface area contributed by atoms with Crippen LogP contribution in [0.25, 0.3) is 10.8 Å². The highest BCUT2D eigenvalue weighted by atomic mass is 16.5. The number of anilines is 1. The first kappa shape index (κ1) is 20.8. The third kappa shape index (κ3) is 4.05. The van der Waals surface area contributed by atoms with E-state index in [1.54, 1.807) is 12.0 Å². The Balaban J connectivity index is 1.18. The Kier molecular flexibility index (Phi) is 5.99. The van der Waals surface area contributed by atoms with Crippen LogP contribution in [0, 0.1) is 0 Å². The first-order valence-corrected chi connectivity index (χ1v) is 11.7. The molecule has 1 N–H and O–H groups in total. The molecule has 3 aromatic rings. The first-order valence-electron chi connectivity index (χ1n) is 11.7. The fourth-order valence-corrected chi connectivity index (χ4v) is 5.41. The van der Waals surface area contributed by atoms with Crippen molar-refractivity contribution in [1.82, 2.24) is 4.90 Å². The Morgan fingerprint density at radius 3 is 2.34 bits per heavy atom. The lowest BCUT2D eigenvalue weighted by Gasteiger charge is -2.41. The van der Waals surface area contributed by atoms with Crippen LogP contribution in [0.15, 0.2) is 66.7 Å². The van der Waals surface area contributed by atoms with Crippen LogP contribution in [0.2, 0.25) is 0 Å². The molecule has 2 aliphatic heterocycles. The molecule has 2 fully saturated rings. The Bertz CT molecular complexity index is 1080. The first-order chi connectivity index (χ1) is 15.7. The number of carbonyl (C=O) groups is 1. The maximum Gasteiger partial charge on any atom is 0.254 e. The molecule has 0 spiro atoms. The number of nitrogens with one attached hydrogen (secondary N) is 1. The lowest BCUT2D eigenvalue weighted by Crippen LogP contribution is -3.18. The van der Waals surface area contributed by atoms with Crippen molar-refractivity contribution in [1.29, 1.82) is 0 Å². The smallest absolute Gasteiger partial charge is 0.254 e. The summed E-state index contributed by atoms with van der Waals surface area (Å²) in [6.07, 6.45) is 2.17. The molecule has 5 nitrogen and oxygen atoms in total. The Labute approximate surface area is 190 Å². The summed E-state index contributed by atoms with van der Waals surface area (Å²) in [4.78, 5) is 19.5. The molecule has 0 bridgehead atoms. The van der Waals surface area contributed by atoms with E-state index in [4.69, 9.17) is 4.74 Å². The molecule has 2 saturated heterocycles. The summed E-state index contributed by atoms with van der Waals surface area (Å²) in [6, 6.07) is 23.2. The molecule has 0 aromatic heterocycles. The number of hydrogen-bond acceptors (Lipinski definition) is 3. The van der Waals surface area contributed by atoms with Gasteiger partial charge in [-0.1, -0.05) is 48.5 Å². The third-order valence-corrected chi connectivity index (χ3v) is 7.21. The second-order valence-electron chi connectivity index (χ2n) is 8.91. The molecular weight excluding hydrogens is 398 g/mol. The Morgan fingerprint density at radius 2 is 1.56 bits per heavy atom. The average molecular weight is 431 g/mol. The van der Waals surface area contributed by atoms with Gasteiger partial charge in [-0.3, -0.25) is 4.79 Å². The number of rotatable bonds is 4.